The third-order valence-electron chi connectivity index (χ3n) is 4.23. The Morgan fingerprint density at radius 2 is 1.76 bits per heavy atom. The number of nitrogens with one attached hydrogen (secondary N) is 1. The van der Waals surface area contributed by atoms with E-state index >= 15 is 0 Å². The van der Waals surface area contributed by atoms with Crippen molar-refractivity contribution < 1.29 is 23.1 Å². The van der Waals surface area contributed by atoms with Crippen LogP contribution in [0.2, 0.25) is 0 Å². The molecule has 2 atom stereocenters. The molecule has 2 rings (SSSR count). The molecule has 0 saturated heterocycles. The van der Waals surface area contributed by atoms with E-state index in [4.69, 9.17) is 0 Å². The summed E-state index contributed by atoms with van der Waals surface area (Å²) in [6, 6.07) is 13.3. The standard InChI is InChI=1S/C18H21NO5S/c1-12(25(2,23)24)17(20)19-11-15(18(21)22)10-14-8-5-7-13-6-3-4-9-16(13)14/h3-9,12,15H,10-11H2,1-2H3,(H,19,20)(H,21,22). The predicted octanol–water partition coefficient (Wildman–Crippen LogP) is 1.63. The van der Waals surface area contributed by atoms with Crippen molar-refractivity contribution in [2.45, 2.75) is 18.6 Å². The summed E-state index contributed by atoms with van der Waals surface area (Å²) >= 11 is 0. The number of amides is 1. The first-order valence-electron chi connectivity index (χ1n) is 7.86. The van der Waals surface area contributed by atoms with E-state index in [1.807, 2.05) is 42.5 Å². The monoisotopic (exact) mass is 363 g/mol. The Labute approximate surface area is 146 Å². The first-order chi connectivity index (χ1) is 11.7. The maximum absolute atomic E-state index is 11.9. The van der Waals surface area contributed by atoms with Crippen molar-refractivity contribution in [2.24, 2.45) is 5.92 Å². The summed E-state index contributed by atoms with van der Waals surface area (Å²) < 4.78 is 22.8. The zero-order valence-electron chi connectivity index (χ0n) is 14.1. The minimum Gasteiger partial charge on any atom is -0.481 e. The summed E-state index contributed by atoms with van der Waals surface area (Å²) in [6.07, 6.45) is 1.21. The summed E-state index contributed by atoms with van der Waals surface area (Å²) in [5, 5.41) is 12.7. The van der Waals surface area contributed by atoms with Crippen molar-refractivity contribution in [1.29, 1.82) is 0 Å². The van der Waals surface area contributed by atoms with Crippen molar-refractivity contribution in [3.05, 3.63) is 48.0 Å². The number of carbonyl (C=O) groups excluding carboxylic acids is 1. The minimum atomic E-state index is -3.52. The van der Waals surface area contributed by atoms with E-state index in [2.05, 4.69) is 5.32 Å². The Hall–Kier alpha value is -2.41. The highest BCUT2D eigenvalue weighted by Gasteiger charge is 2.26. The fourth-order valence-electron chi connectivity index (χ4n) is 2.54. The molecular weight excluding hydrogens is 342 g/mol. The van der Waals surface area contributed by atoms with Crippen LogP contribution >= 0.6 is 0 Å². The maximum Gasteiger partial charge on any atom is 0.308 e. The van der Waals surface area contributed by atoms with Gasteiger partial charge in [-0.3, -0.25) is 9.59 Å². The summed E-state index contributed by atoms with van der Waals surface area (Å²) in [6.45, 7) is 1.16. The van der Waals surface area contributed by atoms with Gasteiger partial charge in [-0.05, 0) is 29.7 Å². The van der Waals surface area contributed by atoms with Crippen molar-refractivity contribution in [2.75, 3.05) is 12.8 Å². The van der Waals surface area contributed by atoms with Crippen LogP contribution in [0.5, 0.6) is 0 Å². The normalized spacial score (nSPS) is 14.0. The fraction of sp³-hybridized carbons (Fsp3) is 0.333. The van der Waals surface area contributed by atoms with Gasteiger partial charge in [-0.2, -0.15) is 0 Å². The number of aliphatic carboxylic acids is 1. The quantitative estimate of drug-likeness (QED) is 0.779. The van der Waals surface area contributed by atoms with Crippen LogP contribution in [-0.2, 0) is 25.8 Å². The van der Waals surface area contributed by atoms with E-state index < -0.39 is 32.9 Å². The Bertz CT molecular complexity index is 886. The Morgan fingerprint density at radius 3 is 2.40 bits per heavy atom. The zero-order valence-corrected chi connectivity index (χ0v) is 14.9. The van der Waals surface area contributed by atoms with Crippen LogP contribution in [0.4, 0.5) is 0 Å². The van der Waals surface area contributed by atoms with Crippen LogP contribution in [0.25, 0.3) is 10.8 Å². The number of rotatable bonds is 7. The lowest BCUT2D eigenvalue weighted by molar-refractivity contribution is -0.141. The van der Waals surface area contributed by atoms with Crippen LogP contribution < -0.4 is 5.32 Å². The lowest BCUT2D eigenvalue weighted by Gasteiger charge is -2.16. The molecule has 1 amide bonds. The van der Waals surface area contributed by atoms with Crippen molar-refractivity contribution in [1.82, 2.24) is 5.32 Å². The minimum absolute atomic E-state index is 0.128. The molecule has 6 nitrogen and oxygen atoms in total. The zero-order chi connectivity index (χ0) is 18.6. The smallest absolute Gasteiger partial charge is 0.308 e. The first-order valence-corrected chi connectivity index (χ1v) is 9.81. The van der Waals surface area contributed by atoms with Crippen molar-refractivity contribution in [3.63, 3.8) is 0 Å². The highest BCUT2D eigenvalue weighted by atomic mass is 32.2. The second-order valence-electron chi connectivity index (χ2n) is 6.09. The lowest BCUT2D eigenvalue weighted by atomic mass is 9.95. The Balaban J connectivity index is 2.14. The van der Waals surface area contributed by atoms with E-state index in [0.29, 0.717) is 0 Å². The molecule has 0 fully saturated rings. The van der Waals surface area contributed by atoms with E-state index in [1.54, 1.807) is 0 Å². The second-order valence-corrected chi connectivity index (χ2v) is 8.46. The van der Waals surface area contributed by atoms with E-state index in [0.717, 1.165) is 22.6 Å². The second kappa shape index (κ2) is 7.65. The van der Waals surface area contributed by atoms with E-state index in [1.165, 1.54) is 6.92 Å². The molecule has 134 valence electrons. The summed E-state index contributed by atoms with van der Waals surface area (Å²) in [4.78, 5) is 23.4. The average molecular weight is 363 g/mol. The molecule has 0 aliphatic heterocycles. The number of hydrogen-bond acceptors (Lipinski definition) is 4. The van der Waals surface area contributed by atoms with Crippen LogP contribution in [0.3, 0.4) is 0 Å². The first kappa shape index (κ1) is 18.9. The highest BCUT2D eigenvalue weighted by molar-refractivity contribution is 7.92. The van der Waals surface area contributed by atoms with Gasteiger partial charge in [-0.15, -0.1) is 0 Å². The third-order valence-corrected chi connectivity index (χ3v) is 5.73. The Morgan fingerprint density at radius 1 is 1.12 bits per heavy atom. The molecule has 0 aliphatic rings. The number of benzene rings is 2. The number of hydrogen-bond donors (Lipinski definition) is 2. The van der Waals surface area contributed by atoms with Gasteiger partial charge in [0.15, 0.2) is 9.84 Å². The number of fused-ring (bicyclic) bond motifs is 1. The number of carbonyl (C=O) groups is 2. The molecule has 0 aromatic heterocycles. The van der Waals surface area contributed by atoms with Crippen LogP contribution in [0, 0.1) is 5.92 Å². The number of sulfone groups is 1. The van der Waals surface area contributed by atoms with Gasteiger partial charge in [0.05, 0.1) is 5.92 Å². The molecule has 0 bridgehead atoms. The van der Waals surface area contributed by atoms with Gasteiger partial charge in [0.1, 0.15) is 5.25 Å². The van der Waals surface area contributed by atoms with Crippen molar-refractivity contribution in [3.8, 4) is 0 Å². The predicted molar refractivity (Wildman–Crippen MR) is 96.1 cm³/mol. The van der Waals surface area contributed by atoms with Gasteiger partial charge in [0.2, 0.25) is 5.91 Å². The molecule has 0 saturated carbocycles. The maximum atomic E-state index is 11.9. The van der Waals surface area contributed by atoms with Crippen LogP contribution in [-0.4, -0.2) is 43.5 Å². The van der Waals surface area contributed by atoms with E-state index in [-0.39, 0.29) is 13.0 Å². The topological polar surface area (TPSA) is 101 Å². The largest absolute Gasteiger partial charge is 0.481 e. The number of carboxylic acid groups (broad SMARTS) is 1. The van der Waals surface area contributed by atoms with Crippen LogP contribution in [0.1, 0.15) is 12.5 Å². The molecule has 2 aromatic rings. The molecule has 0 radical (unpaired) electrons. The fourth-order valence-corrected chi connectivity index (χ4v) is 3.02. The highest BCUT2D eigenvalue weighted by Crippen LogP contribution is 2.21. The SMILES string of the molecule is CC(C(=O)NCC(Cc1cccc2ccccc12)C(=O)O)S(C)(=O)=O. The van der Waals surface area contributed by atoms with Gasteiger partial charge in [0.25, 0.3) is 0 Å². The molecule has 25 heavy (non-hydrogen) atoms. The van der Waals surface area contributed by atoms with Gasteiger partial charge >= 0.3 is 5.97 Å². The summed E-state index contributed by atoms with van der Waals surface area (Å²) in [5.74, 6) is -2.58. The summed E-state index contributed by atoms with van der Waals surface area (Å²) in [5.41, 5.74) is 0.871. The van der Waals surface area contributed by atoms with Gasteiger partial charge in [-0.1, -0.05) is 42.5 Å². The molecule has 7 heteroatoms. The summed E-state index contributed by atoms with van der Waals surface area (Å²) in [7, 11) is -3.52. The number of carboxylic acids is 1. The average Bonchev–Trinajstić information content (AvgIpc) is 2.56. The van der Waals surface area contributed by atoms with Crippen molar-refractivity contribution >= 4 is 32.5 Å². The molecule has 0 heterocycles. The molecular formula is C18H21NO5S. The molecule has 2 N–H and O–H groups in total. The molecule has 0 aliphatic carbocycles. The lowest BCUT2D eigenvalue weighted by Crippen LogP contribution is -2.41. The van der Waals surface area contributed by atoms with Gasteiger partial charge in [-0.25, -0.2) is 8.42 Å². The van der Waals surface area contributed by atoms with Gasteiger partial charge in [0, 0.05) is 12.8 Å². The van der Waals surface area contributed by atoms with E-state index in [9.17, 15) is 23.1 Å². The van der Waals surface area contributed by atoms with Crippen LogP contribution in [0.15, 0.2) is 42.5 Å². The Kier molecular flexibility index (Phi) is 5.79. The third kappa shape index (κ3) is 4.79. The molecule has 2 aromatic carbocycles. The molecule has 2 unspecified atom stereocenters. The van der Waals surface area contributed by atoms with Gasteiger partial charge < -0.3 is 10.4 Å². The molecule has 0 spiro atoms.